The van der Waals surface area contributed by atoms with Crippen molar-refractivity contribution in [3.05, 3.63) is 61.9 Å². The van der Waals surface area contributed by atoms with Gasteiger partial charge < -0.3 is 14.6 Å². The maximum Gasteiger partial charge on any atom is 0.323 e. The molecule has 31 heavy (non-hydrogen) atoms. The van der Waals surface area contributed by atoms with E-state index in [9.17, 15) is 9.59 Å². The van der Waals surface area contributed by atoms with Crippen molar-refractivity contribution < 1.29 is 24.2 Å². The van der Waals surface area contributed by atoms with Gasteiger partial charge in [-0.1, -0.05) is 53.8 Å². The normalized spacial score (nSPS) is 14.9. The fourth-order valence-corrected chi connectivity index (χ4v) is 4.78. The van der Waals surface area contributed by atoms with Gasteiger partial charge in [-0.3, -0.25) is 14.5 Å². The molecule has 1 amide bonds. The van der Waals surface area contributed by atoms with Crippen LogP contribution in [-0.4, -0.2) is 39.4 Å². The topological polar surface area (TPSA) is 76.1 Å². The number of hydrogen-bond donors (Lipinski definition) is 1. The van der Waals surface area contributed by atoms with Gasteiger partial charge in [0.05, 0.1) is 16.0 Å². The number of carbonyl (C=O) groups excluding carboxylic acids is 1. The predicted octanol–water partition coefficient (Wildman–Crippen LogP) is 5.37. The Bertz CT molecular complexity index is 1080. The summed E-state index contributed by atoms with van der Waals surface area (Å²) in [6.45, 7) is 2.06. The molecule has 6 nitrogen and oxygen atoms in total. The summed E-state index contributed by atoms with van der Waals surface area (Å²) in [6.07, 6.45) is 1.65. The van der Waals surface area contributed by atoms with Crippen LogP contribution < -0.4 is 9.47 Å². The van der Waals surface area contributed by atoms with E-state index in [2.05, 4.69) is 15.9 Å². The lowest BCUT2D eigenvalue weighted by Gasteiger charge is -2.15. The van der Waals surface area contributed by atoms with Gasteiger partial charge in [0, 0.05) is 10.6 Å². The fourth-order valence-electron chi connectivity index (χ4n) is 2.76. The lowest BCUT2D eigenvalue weighted by atomic mass is 10.1. The molecule has 0 aliphatic carbocycles. The average Bonchev–Trinajstić information content (AvgIpc) is 2.96. The molecule has 1 heterocycles. The van der Waals surface area contributed by atoms with Gasteiger partial charge in [-0.15, -0.1) is 0 Å². The second-order valence-electron chi connectivity index (χ2n) is 6.30. The fraction of sp³-hybridized carbons (Fsp3) is 0.190. The van der Waals surface area contributed by atoms with E-state index in [1.54, 1.807) is 24.3 Å². The molecule has 0 bridgehead atoms. The summed E-state index contributed by atoms with van der Waals surface area (Å²) in [5, 5.41) is 9.58. The van der Waals surface area contributed by atoms with E-state index in [4.69, 9.17) is 38.4 Å². The van der Waals surface area contributed by atoms with E-state index in [1.807, 2.05) is 25.1 Å². The summed E-state index contributed by atoms with van der Waals surface area (Å²) in [5.41, 5.74) is 1.51. The molecule has 1 fully saturated rings. The second kappa shape index (κ2) is 10.5. The third-order valence-electron chi connectivity index (χ3n) is 4.13. The molecule has 1 aliphatic rings. The van der Waals surface area contributed by atoms with Gasteiger partial charge in [0.25, 0.3) is 5.91 Å². The molecule has 2 aromatic rings. The summed E-state index contributed by atoms with van der Waals surface area (Å²) >= 11 is 15.9. The third kappa shape index (κ3) is 5.79. The smallest absolute Gasteiger partial charge is 0.323 e. The number of hydrogen-bond acceptors (Lipinski definition) is 6. The molecule has 0 atom stereocenters. The highest BCUT2D eigenvalue weighted by Gasteiger charge is 2.33. The highest BCUT2D eigenvalue weighted by atomic mass is 79.9. The molecule has 162 valence electrons. The van der Waals surface area contributed by atoms with Gasteiger partial charge in [-0.25, -0.2) is 0 Å². The molecule has 0 spiro atoms. The molecule has 2 aromatic carbocycles. The minimum atomic E-state index is -1.13. The summed E-state index contributed by atoms with van der Waals surface area (Å²) in [6, 6.07) is 10.9. The van der Waals surface area contributed by atoms with Gasteiger partial charge in [0.1, 0.15) is 17.5 Å². The molecule has 3 rings (SSSR count). The first-order valence-corrected chi connectivity index (χ1v) is 11.5. The van der Waals surface area contributed by atoms with E-state index in [1.165, 1.54) is 0 Å². The summed E-state index contributed by atoms with van der Waals surface area (Å²) in [5.74, 6) is -0.557. The first-order valence-electron chi connectivity index (χ1n) is 9.09. The summed E-state index contributed by atoms with van der Waals surface area (Å²) < 4.78 is 12.6. The van der Waals surface area contributed by atoms with Crippen molar-refractivity contribution in [2.45, 2.75) is 13.5 Å². The molecule has 0 unspecified atom stereocenters. The van der Waals surface area contributed by atoms with Gasteiger partial charge in [-0.2, -0.15) is 0 Å². The number of thiocarbonyl (C=S) groups is 1. The Labute approximate surface area is 202 Å². The van der Waals surface area contributed by atoms with E-state index in [-0.39, 0.29) is 10.9 Å². The van der Waals surface area contributed by atoms with Gasteiger partial charge in [-0.05, 0) is 52.7 Å². The van der Waals surface area contributed by atoms with Crippen LogP contribution in [0.2, 0.25) is 5.02 Å². The van der Waals surface area contributed by atoms with Gasteiger partial charge in [0.15, 0.2) is 11.5 Å². The van der Waals surface area contributed by atoms with E-state index in [0.29, 0.717) is 38.1 Å². The minimum Gasteiger partial charge on any atom is -0.490 e. The van der Waals surface area contributed by atoms with Crippen LogP contribution >= 0.6 is 51.5 Å². The second-order valence-corrected chi connectivity index (χ2v) is 9.24. The number of aliphatic carboxylic acids is 1. The highest BCUT2D eigenvalue weighted by molar-refractivity contribution is 9.10. The first-order chi connectivity index (χ1) is 14.8. The average molecular weight is 543 g/mol. The standard InChI is InChI=1S/C21H17BrClNO5S2/c1-2-28-16-8-12(9-17-20(27)24(10-18(25)26)21(30)31-17)7-14(22)19(16)29-11-13-5-3-4-6-15(13)23/h3-9H,2,10-11H2,1H3,(H,25,26)/b17-9-. The molecule has 1 saturated heterocycles. The molecule has 0 aromatic heterocycles. The number of carbonyl (C=O) groups is 2. The van der Waals surface area contributed by atoms with Crippen molar-refractivity contribution in [3.8, 4) is 11.5 Å². The van der Waals surface area contributed by atoms with Crippen molar-refractivity contribution in [2.24, 2.45) is 0 Å². The maximum absolute atomic E-state index is 12.5. The summed E-state index contributed by atoms with van der Waals surface area (Å²) in [4.78, 5) is 24.9. The number of thioether (sulfide) groups is 1. The molecule has 1 aliphatic heterocycles. The zero-order valence-corrected chi connectivity index (χ0v) is 20.2. The molecular weight excluding hydrogens is 526 g/mol. The van der Waals surface area contributed by atoms with Crippen LogP contribution in [0.3, 0.4) is 0 Å². The Morgan fingerprint density at radius 1 is 1.32 bits per heavy atom. The monoisotopic (exact) mass is 541 g/mol. The van der Waals surface area contributed by atoms with Crippen LogP contribution in [0.1, 0.15) is 18.1 Å². The van der Waals surface area contributed by atoms with Crippen LogP contribution in [0.25, 0.3) is 6.08 Å². The summed E-state index contributed by atoms with van der Waals surface area (Å²) in [7, 11) is 0. The van der Waals surface area contributed by atoms with Crippen LogP contribution in [0.5, 0.6) is 11.5 Å². The molecule has 0 radical (unpaired) electrons. The Morgan fingerprint density at radius 2 is 2.06 bits per heavy atom. The molecular formula is C21H17BrClNO5S2. The van der Waals surface area contributed by atoms with Crippen LogP contribution in [0, 0.1) is 0 Å². The van der Waals surface area contributed by atoms with E-state index >= 15 is 0 Å². The van der Waals surface area contributed by atoms with Crippen molar-refractivity contribution in [1.82, 2.24) is 4.90 Å². The SMILES string of the molecule is CCOc1cc(/C=C2\SC(=S)N(CC(=O)O)C2=O)cc(Br)c1OCc1ccccc1Cl. The third-order valence-corrected chi connectivity index (χ3v) is 6.46. The number of nitrogens with zero attached hydrogens (tertiary/aromatic N) is 1. The Hall–Kier alpha value is -2.07. The maximum atomic E-state index is 12.5. The van der Waals surface area contributed by atoms with Gasteiger partial charge in [0.2, 0.25) is 0 Å². The zero-order chi connectivity index (χ0) is 22.5. The van der Waals surface area contributed by atoms with Crippen molar-refractivity contribution >= 4 is 73.8 Å². The highest BCUT2D eigenvalue weighted by Crippen LogP contribution is 2.40. The zero-order valence-electron chi connectivity index (χ0n) is 16.3. The molecule has 1 N–H and O–H groups in total. The van der Waals surface area contributed by atoms with E-state index < -0.39 is 18.4 Å². The lowest BCUT2D eigenvalue weighted by Crippen LogP contribution is -2.33. The van der Waals surface area contributed by atoms with Crippen molar-refractivity contribution in [1.29, 1.82) is 0 Å². The number of halogens is 2. The Kier molecular flexibility index (Phi) is 7.99. The largest absolute Gasteiger partial charge is 0.490 e. The predicted molar refractivity (Wildman–Crippen MR) is 129 cm³/mol. The molecule has 10 heteroatoms. The van der Waals surface area contributed by atoms with Crippen LogP contribution in [0.15, 0.2) is 45.8 Å². The number of rotatable bonds is 8. The number of amides is 1. The number of benzene rings is 2. The number of ether oxygens (including phenoxy) is 2. The van der Waals surface area contributed by atoms with Crippen molar-refractivity contribution in [3.63, 3.8) is 0 Å². The van der Waals surface area contributed by atoms with Crippen LogP contribution in [-0.2, 0) is 16.2 Å². The van der Waals surface area contributed by atoms with Gasteiger partial charge >= 0.3 is 5.97 Å². The number of carboxylic acid groups (broad SMARTS) is 1. The number of carboxylic acids is 1. The quantitative estimate of drug-likeness (QED) is 0.355. The Morgan fingerprint density at radius 3 is 2.74 bits per heavy atom. The minimum absolute atomic E-state index is 0.211. The first kappa shape index (κ1) is 23.6. The Balaban J connectivity index is 1.87. The van der Waals surface area contributed by atoms with Crippen molar-refractivity contribution in [2.75, 3.05) is 13.2 Å². The molecule has 0 saturated carbocycles. The van der Waals surface area contributed by atoms with Crippen LogP contribution in [0.4, 0.5) is 0 Å². The lowest BCUT2D eigenvalue weighted by molar-refractivity contribution is -0.140. The van der Waals surface area contributed by atoms with E-state index in [0.717, 1.165) is 22.2 Å².